The molecular formula is C23H29F2NO5. The molecule has 1 saturated heterocycles. The summed E-state index contributed by atoms with van der Waals surface area (Å²) in [4.78, 5) is 24.7. The van der Waals surface area contributed by atoms with Gasteiger partial charge in [-0.3, -0.25) is 9.59 Å². The summed E-state index contributed by atoms with van der Waals surface area (Å²) >= 11 is 0. The van der Waals surface area contributed by atoms with E-state index in [4.69, 9.17) is 15.2 Å². The van der Waals surface area contributed by atoms with E-state index in [-0.39, 0.29) is 30.6 Å². The summed E-state index contributed by atoms with van der Waals surface area (Å²) in [5.74, 6) is -3.58. The summed E-state index contributed by atoms with van der Waals surface area (Å²) in [6.07, 6.45) is 0.0181. The average molecular weight is 437 g/mol. The van der Waals surface area contributed by atoms with Crippen LogP contribution in [0.25, 0.3) is 0 Å². The quantitative estimate of drug-likeness (QED) is 0.656. The number of fused-ring (bicyclic) bond motifs is 7. The van der Waals surface area contributed by atoms with Crippen LogP contribution >= 0.6 is 0 Å². The summed E-state index contributed by atoms with van der Waals surface area (Å²) in [6.45, 7) is 6.69. The minimum atomic E-state index is -2.21. The van der Waals surface area contributed by atoms with Crippen molar-refractivity contribution in [2.24, 2.45) is 28.4 Å². The molecule has 0 spiro atoms. The van der Waals surface area contributed by atoms with Gasteiger partial charge in [-0.2, -0.15) is 0 Å². The van der Waals surface area contributed by atoms with Crippen LogP contribution in [0.5, 0.6) is 0 Å². The molecule has 1 aliphatic heterocycles. The van der Waals surface area contributed by atoms with Crippen LogP contribution in [-0.4, -0.2) is 52.2 Å². The highest BCUT2D eigenvalue weighted by Gasteiger charge is 2.80. The zero-order valence-electron chi connectivity index (χ0n) is 18.2. The first kappa shape index (κ1) is 21.2. The number of hydrogen-bond acceptors (Lipinski definition) is 5. The lowest BCUT2D eigenvalue weighted by Crippen LogP contribution is -2.71. The first-order chi connectivity index (χ1) is 14.2. The van der Waals surface area contributed by atoms with Gasteiger partial charge in [-0.15, -0.1) is 0 Å². The maximum atomic E-state index is 17.1. The minimum absolute atomic E-state index is 0.0674. The number of nitrogens with two attached hydrogens (primary N) is 1. The number of halogens is 2. The first-order valence-electron chi connectivity index (χ1n) is 10.9. The molecule has 0 aromatic heterocycles. The molecule has 8 heteroatoms. The van der Waals surface area contributed by atoms with Crippen LogP contribution in [0.2, 0.25) is 0 Å². The van der Waals surface area contributed by atoms with Crippen LogP contribution in [-0.2, 0) is 19.1 Å². The maximum Gasteiger partial charge on any atom is 0.253 e. The van der Waals surface area contributed by atoms with Crippen molar-refractivity contribution >= 4 is 11.7 Å². The number of amides is 1. The highest BCUT2D eigenvalue weighted by atomic mass is 19.1. The molecule has 7 unspecified atom stereocenters. The predicted octanol–water partition coefficient (Wildman–Crippen LogP) is 2.29. The topological polar surface area (TPSA) is 98.9 Å². The molecule has 5 aliphatic rings. The molecule has 5 rings (SSSR count). The Bertz CT molecular complexity index is 948. The van der Waals surface area contributed by atoms with E-state index < -0.39 is 64.0 Å². The Morgan fingerprint density at radius 3 is 2.55 bits per heavy atom. The molecule has 4 fully saturated rings. The molecule has 4 aliphatic carbocycles. The predicted molar refractivity (Wildman–Crippen MR) is 106 cm³/mol. The van der Waals surface area contributed by atoms with Crippen molar-refractivity contribution in [3.05, 3.63) is 23.8 Å². The normalized spacial score (nSPS) is 54.5. The Labute approximate surface area is 179 Å². The number of ketones is 1. The molecule has 9 atom stereocenters. The second-order valence-corrected chi connectivity index (χ2v) is 10.8. The van der Waals surface area contributed by atoms with Crippen LogP contribution < -0.4 is 5.73 Å². The number of aliphatic hydroxyl groups excluding tert-OH is 1. The van der Waals surface area contributed by atoms with Crippen molar-refractivity contribution in [1.82, 2.24) is 0 Å². The number of hydrogen-bond donors (Lipinski definition) is 2. The second kappa shape index (κ2) is 5.83. The lowest BCUT2D eigenvalue weighted by Gasteiger charge is -2.63. The van der Waals surface area contributed by atoms with Crippen LogP contribution in [0.1, 0.15) is 47.0 Å². The largest absolute Gasteiger partial charge is 0.390 e. The number of alkyl halides is 2. The van der Waals surface area contributed by atoms with E-state index in [0.717, 1.165) is 6.08 Å². The third kappa shape index (κ3) is 2.21. The molecular weight excluding hydrogens is 408 g/mol. The van der Waals surface area contributed by atoms with E-state index >= 15 is 8.78 Å². The molecule has 0 aromatic rings. The van der Waals surface area contributed by atoms with Gasteiger partial charge in [0.2, 0.25) is 0 Å². The second-order valence-electron chi connectivity index (χ2n) is 10.8. The van der Waals surface area contributed by atoms with Gasteiger partial charge in [0.1, 0.15) is 6.17 Å². The number of carbonyl (C=O) groups is 2. The summed E-state index contributed by atoms with van der Waals surface area (Å²) in [5.41, 5.74) is -0.334. The molecule has 0 radical (unpaired) electrons. The summed E-state index contributed by atoms with van der Waals surface area (Å²) in [7, 11) is 0. The smallest absolute Gasteiger partial charge is 0.253 e. The first-order valence-corrected chi connectivity index (χ1v) is 10.9. The molecule has 3 N–H and O–H groups in total. The molecule has 1 amide bonds. The SMILES string of the molecule is CC1(C)OC2CC3C4C[C@H](F)C5=CC(=O)C=CC5(C)[C@@]4(F)C(O)CC3(C)C2(C(N)=O)O1. The number of allylic oxidation sites excluding steroid dienone is 4. The van der Waals surface area contributed by atoms with Crippen molar-refractivity contribution in [2.45, 2.75) is 82.4 Å². The Morgan fingerprint density at radius 2 is 1.90 bits per heavy atom. The molecule has 6 nitrogen and oxygen atoms in total. The van der Waals surface area contributed by atoms with Crippen LogP contribution in [0.4, 0.5) is 8.78 Å². The number of aliphatic hydroxyl groups is 1. The van der Waals surface area contributed by atoms with E-state index in [1.165, 1.54) is 12.2 Å². The minimum Gasteiger partial charge on any atom is -0.390 e. The van der Waals surface area contributed by atoms with Crippen molar-refractivity contribution in [1.29, 1.82) is 0 Å². The van der Waals surface area contributed by atoms with Crippen LogP contribution in [0.15, 0.2) is 23.8 Å². The Morgan fingerprint density at radius 1 is 1.23 bits per heavy atom. The number of rotatable bonds is 1. The maximum absolute atomic E-state index is 17.1. The molecule has 1 heterocycles. The van der Waals surface area contributed by atoms with E-state index in [9.17, 15) is 14.7 Å². The van der Waals surface area contributed by atoms with Gasteiger partial charge in [0, 0.05) is 16.7 Å². The lowest BCUT2D eigenvalue weighted by atomic mass is 9.44. The standard InChI is InChI=1S/C23H29F2NO5/c1-19(2)30-17-9-12-13-8-15(24)14-7-11(27)5-6-20(14,3)22(13,25)16(28)10-21(12,4)23(17,31-19)18(26)29/h5-7,12-13,15-17,28H,8-10H2,1-4H3,(H2,26,29)/t12?,13?,15-,16?,17?,20?,21?,22-,23?/m0/s1. The van der Waals surface area contributed by atoms with Gasteiger partial charge in [0.05, 0.1) is 12.2 Å². The van der Waals surface area contributed by atoms with Gasteiger partial charge in [-0.25, -0.2) is 8.78 Å². The van der Waals surface area contributed by atoms with Crippen molar-refractivity contribution < 1.29 is 33.0 Å². The van der Waals surface area contributed by atoms with E-state index in [1.54, 1.807) is 27.7 Å². The third-order valence-corrected chi connectivity index (χ3v) is 8.99. The fourth-order valence-electron chi connectivity index (χ4n) is 7.74. The fourth-order valence-corrected chi connectivity index (χ4v) is 7.74. The van der Waals surface area contributed by atoms with Crippen molar-refractivity contribution in [3.63, 3.8) is 0 Å². The van der Waals surface area contributed by atoms with Crippen LogP contribution in [0.3, 0.4) is 0 Å². The van der Waals surface area contributed by atoms with Crippen molar-refractivity contribution in [3.8, 4) is 0 Å². The zero-order chi connectivity index (χ0) is 22.8. The number of carbonyl (C=O) groups excluding carboxylic acids is 2. The van der Waals surface area contributed by atoms with Gasteiger partial charge in [-0.05, 0) is 63.7 Å². The van der Waals surface area contributed by atoms with E-state index in [1.807, 2.05) is 0 Å². The zero-order valence-corrected chi connectivity index (χ0v) is 18.2. The Balaban J connectivity index is 1.66. The molecule has 31 heavy (non-hydrogen) atoms. The molecule has 0 aromatic carbocycles. The summed E-state index contributed by atoms with van der Waals surface area (Å²) < 4.78 is 44.6. The van der Waals surface area contributed by atoms with Gasteiger partial charge in [0.15, 0.2) is 22.8 Å². The molecule has 3 saturated carbocycles. The van der Waals surface area contributed by atoms with Crippen LogP contribution in [0, 0.1) is 22.7 Å². The fraction of sp³-hybridized carbons (Fsp3) is 0.739. The molecule has 170 valence electrons. The number of primary amides is 1. The lowest BCUT2D eigenvalue weighted by molar-refractivity contribution is -0.248. The Hall–Kier alpha value is -1.64. The van der Waals surface area contributed by atoms with Gasteiger partial charge < -0.3 is 20.3 Å². The highest BCUT2D eigenvalue weighted by Crippen LogP contribution is 2.72. The van der Waals surface area contributed by atoms with E-state index in [2.05, 4.69) is 0 Å². The van der Waals surface area contributed by atoms with Crippen molar-refractivity contribution in [2.75, 3.05) is 0 Å². The summed E-state index contributed by atoms with van der Waals surface area (Å²) in [6, 6.07) is 0. The number of ether oxygens (including phenoxy) is 2. The van der Waals surface area contributed by atoms with E-state index in [0.29, 0.717) is 0 Å². The van der Waals surface area contributed by atoms with Gasteiger partial charge in [0.25, 0.3) is 5.91 Å². The third-order valence-electron chi connectivity index (χ3n) is 8.99. The summed E-state index contributed by atoms with van der Waals surface area (Å²) in [5, 5.41) is 11.3. The molecule has 0 bridgehead atoms. The van der Waals surface area contributed by atoms with Gasteiger partial charge in [-0.1, -0.05) is 13.0 Å². The Kier molecular flexibility index (Phi) is 3.99. The highest BCUT2D eigenvalue weighted by molar-refractivity contribution is 6.01. The average Bonchev–Trinajstić information content (AvgIpc) is 3.06. The van der Waals surface area contributed by atoms with Gasteiger partial charge >= 0.3 is 0 Å². The monoisotopic (exact) mass is 437 g/mol.